The molecule has 0 radical (unpaired) electrons. The number of nitrogens with zero attached hydrogens (tertiary/aromatic N) is 2. The number of fused-ring (bicyclic) bond motifs is 2. The minimum atomic E-state index is -0.391. The zero-order valence-corrected chi connectivity index (χ0v) is 16.9. The minimum absolute atomic E-state index is 0.0878. The number of methoxy groups -OCH3 is 2. The van der Waals surface area contributed by atoms with E-state index in [0.717, 1.165) is 31.4 Å². The van der Waals surface area contributed by atoms with Crippen LogP contribution < -0.4 is 14.4 Å². The molecule has 2 heterocycles. The number of anilines is 1. The van der Waals surface area contributed by atoms with Crippen molar-refractivity contribution in [3.63, 3.8) is 0 Å². The lowest BCUT2D eigenvalue weighted by Gasteiger charge is -2.40. The van der Waals surface area contributed by atoms with Crippen LogP contribution in [0.2, 0.25) is 0 Å². The Hall–Kier alpha value is -3.29. The van der Waals surface area contributed by atoms with Gasteiger partial charge in [0.15, 0.2) is 11.5 Å². The molecule has 2 saturated heterocycles. The lowest BCUT2D eigenvalue weighted by atomic mass is 9.98. The lowest BCUT2D eigenvalue weighted by molar-refractivity contribution is -0.384. The molecule has 2 aromatic carbocycles. The normalized spacial score (nSPS) is 22.5. The average molecular weight is 412 g/mol. The second-order valence-corrected chi connectivity index (χ2v) is 7.63. The number of carbonyl (C=O) groups excluding carboxylic acids is 1. The van der Waals surface area contributed by atoms with Gasteiger partial charge in [-0.3, -0.25) is 10.1 Å². The smallest absolute Gasteiger partial charge is 0.338 e. The third kappa shape index (κ3) is 3.77. The maximum Gasteiger partial charge on any atom is 0.338 e. The Morgan fingerprint density at radius 2 is 1.63 bits per heavy atom. The van der Waals surface area contributed by atoms with Gasteiger partial charge >= 0.3 is 5.97 Å². The van der Waals surface area contributed by atoms with Gasteiger partial charge in [-0.15, -0.1) is 0 Å². The number of hydrogen-bond acceptors (Lipinski definition) is 7. The molecule has 30 heavy (non-hydrogen) atoms. The first-order valence-corrected chi connectivity index (χ1v) is 9.96. The summed E-state index contributed by atoms with van der Waals surface area (Å²) in [5.41, 5.74) is 1.50. The van der Waals surface area contributed by atoms with Crippen LogP contribution in [0.5, 0.6) is 11.5 Å². The zero-order chi connectivity index (χ0) is 21.3. The summed E-state index contributed by atoms with van der Waals surface area (Å²) in [6, 6.07) is 12.2. The van der Waals surface area contributed by atoms with E-state index in [9.17, 15) is 14.9 Å². The van der Waals surface area contributed by atoms with Crippen LogP contribution in [-0.4, -0.2) is 43.3 Å². The Morgan fingerprint density at radius 1 is 1.00 bits per heavy atom. The Kier molecular flexibility index (Phi) is 5.48. The number of nitro benzene ring substituents is 1. The van der Waals surface area contributed by atoms with Crippen LogP contribution in [0.3, 0.4) is 0 Å². The van der Waals surface area contributed by atoms with Crippen molar-refractivity contribution in [1.29, 1.82) is 0 Å². The summed E-state index contributed by atoms with van der Waals surface area (Å²) in [7, 11) is 3.07. The van der Waals surface area contributed by atoms with E-state index in [0.29, 0.717) is 17.1 Å². The Balaban J connectivity index is 1.43. The Labute approximate surface area is 174 Å². The Morgan fingerprint density at radius 3 is 2.20 bits per heavy atom. The molecule has 8 heteroatoms. The summed E-state index contributed by atoms with van der Waals surface area (Å²) in [6.45, 7) is 0. The van der Waals surface area contributed by atoms with Crippen molar-refractivity contribution in [1.82, 2.24) is 0 Å². The van der Waals surface area contributed by atoms with Crippen molar-refractivity contribution < 1.29 is 23.9 Å². The molecule has 158 valence electrons. The van der Waals surface area contributed by atoms with E-state index < -0.39 is 4.92 Å². The molecule has 0 aromatic heterocycles. The largest absolute Gasteiger partial charge is 0.493 e. The molecule has 2 aliphatic rings. The van der Waals surface area contributed by atoms with E-state index in [1.165, 1.54) is 19.2 Å². The predicted octanol–water partition coefficient (Wildman–Crippen LogP) is 3.97. The van der Waals surface area contributed by atoms with Crippen molar-refractivity contribution in [2.45, 2.75) is 43.9 Å². The fourth-order valence-electron chi connectivity index (χ4n) is 4.57. The third-order valence-electron chi connectivity index (χ3n) is 5.94. The number of rotatable bonds is 6. The number of benzene rings is 2. The third-order valence-corrected chi connectivity index (χ3v) is 5.94. The second kappa shape index (κ2) is 8.22. The maximum atomic E-state index is 12.7. The van der Waals surface area contributed by atoms with Gasteiger partial charge in [-0.05, 0) is 43.2 Å². The fraction of sp³-hybridized carbons (Fsp3) is 0.409. The van der Waals surface area contributed by atoms with Crippen LogP contribution >= 0.6 is 0 Å². The van der Waals surface area contributed by atoms with Gasteiger partial charge in [-0.1, -0.05) is 0 Å². The van der Waals surface area contributed by atoms with Crippen LogP contribution in [0.4, 0.5) is 11.4 Å². The molecule has 2 unspecified atom stereocenters. The van der Waals surface area contributed by atoms with Gasteiger partial charge in [0.2, 0.25) is 0 Å². The highest BCUT2D eigenvalue weighted by Crippen LogP contribution is 2.41. The molecule has 2 aliphatic heterocycles. The van der Waals surface area contributed by atoms with Gasteiger partial charge in [0.1, 0.15) is 6.10 Å². The van der Waals surface area contributed by atoms with Crippen molar-refractivity contribution in [3.8, 4) is 11.5 Å². The second-order valence-electron chi connectivity index (χ2n) is 7.63. The molecule has 0 spiro atoms. The first-order valence-electron chi connectivity index (χ1n) is 9.96. The van der Waals surface area contributed by atoms with E-state index in [2.05, 4.69) is 4.90 Å². The van der Waals surface area contributed by atoms with Gasteiger partial charge < -0.3 is 19.1 Å². The first kappa shape index (κ1) is 20.0. The van der Waals surface area contributed by atoms with Crippen molar-refractivity contribution in [2.75, 3.05) is 19.1 Å². The summed E-state index contributed by atoms with van der Waals surface area (Å²) in [4.78, 5) is 25.5. The van der Waals surface area contributed by atoms with E-state index in [1.807, 2.05) is 0 Å². The molecule has 2 bridgehead atoms. The summed E-state index contributed by atoms with van der Waals surface area (Å²) < 4.78 is 16.3. The van der Waals surface area contributed by atoms with Crippen LogP contribution in [0.15, 0.2) is 42.5 Å². The summed E-state index contributed by atoms with van der Waals surface area (Å²) >= 11 is 0. The zero-order valence-electron chi connectivity index (χ0n) is 16.9. The summed E-state index contributed by atoms with van der Waals surface area (Å²) in [5, 5.41) is 10.9. The summed E-state index contributed by atoms with van der Waals surface area (Å²) in [5.74, 6) is 0.674. The van der Waals surface area contributed by atoms with Crippen LogP contribution in [0.1, 0.15) is 36.0 Å². The number of ether oxygens (including phenoxy) is 3. The molecule has 3 atom stereocenters. The molecular formula is C22H24N2O6. The number of hydrogen-bond donors (Lipinski definition) is 0. The van der Waals surface area contributed by atoms with Gasteiger partial charge in [0.05, 0.1) is 24.7 Å². The van der Waals surface area contributed by atoms with E-state index >= 15 is 0 Å². The van der Waals surface area contributed by atoms with Gasteiger partial charge in [0.25, 0.3) is 5.69 Å². The molecule has 4 rings (SSSR count). The van der Waals surface area contributed by atoms with Crippen molar-refractivity contribution in [2.24, 2.45) is 0 Å². The number of nitro groups is 1. The van der Waals surface area contributed by atoms with E-state index in [-0.39, 0.29) is 29.8 Å². The number of esters is 1. The van der Waals surface area contributed by atoms with E-state index in [1.54, 1.807) is 37.4 Å². The topological polar surface area (TPSA) is 91.1 Å². The standard InChI is InChI=1S/C22H24N2O6/c1-28-20-10-3-14(11-21(20)29-2)22(25)30-19-12-17-8-9-18(13-19)23(17)15-4-6-16(7-5-15)24(26)27/h3-7,10-11,17-19H,8-9,12-13H2,1-2H3/t17-,18?,19?/m1/s1. The maximum absolute atomic E-state index is 12.7. The molecule has 2 aromatic rings. The Bertz CT molecular complexity index is 931. The summed E-state index contributed by atoms with van der Waals surface area (Å²) in [6.07, 6.45) is 3.37. The minimum Gasteiger partial charge on any atom is -0.493 e. The predicted molar refractivity (Wildman–Crippen MR) is 110 cm³/mol. The molecule has 2 fully saturated rings. The lowest BCUT2D eigenvalue weighted by Crippen LogP contribution is -2.46. The fourth-order valence-corrected chi connectivity index (χ4v) is 4.57. The van der Waals surface area contributed by atoms with Crippen molar-refractivity contribution >= 4 is 17.3 Å². The highest BCUT2D eigenvalue weighted by Gasteiger charge is 2.42. The van der Waals surface area contributed by atoms with Crippen LogP contribution in [0, 0.1) is 10.1 Å². The molecule has 0 saturated carbocycles. The van der Waals surface area contributed by atoms with Crippen LogP contribution in [-0.2, 0) is 4.74 Å². The monoisotopic (exact) mass is 412 g/mol. The number of piperidine rings is 1. The van der Waals surface area contributed by atoms with Gasteiger partial charge in [0, 0.05) is 42.7 Å². The van der Waals surface area contributed by atoms with E-state index in [4.69, 9.17) is 14.2 Å². The molecule has 0 amide bonds. The average Bonchev–Trinajstić information content (AvgIpc) is 3.03. The van der Waals surface area contributed by atoms with Crippen LogP contribution in [0.25, 0.3) is 0 Å². The molecule has 8 nitrogen and oxygen atoms in total. The SMILES string of the molecule is COc1ccc(C(=O)OC2CC3CC[C@H](C2)N3c2ccc([N+](=O)[O-])cc2)cc1OC. The number of carbonyl (C=O) groups is 1. The molecule has 0 aliphatic carbocycles. The molecule has 0 N–H and O–H groups in total. The van der Waals surface area contributed by atoms with Crippen molar-refractivity contribution in [3.05, 3.63) is 58.1 Å². The van der Waals surface area contributed by atoms with Gasteiger partial charge in [-0.25, -0.2) is 4.79 Å². The quantitative estimate of drug-likeness (QED) is 0.403. The van der Waals surface area contributed by atoms with Gasteiger partial charge in [-0.2, -0.15) is 0 Å². The molecular weight excluding hydrogens is 388 g/mol. The first-order chi connectivity index (χ1) is 14.5. The number of non-ortho nitro benzene ring substituents is 1. The highest BCUT2D eigenvalue weighted by molar-refractivity contribution is 5.90. The highest BCUT2D eigenvalue weighted by atomic mass is 16.6.